The van der Waals surface area contributed by atoms with Crippen molar-refractivity contribution in [3.8, 4) is 0 Å². The van der Waals surface area contributed by atoms with Gasteiger partial charge in [-0.3, -0.25) is 14.5 Å². The molecule has 1 N–H and O–H groups in total. The molecule has 0 saturated carbocycles. The predicted octanol–water partition coefficient (Wildman–Crippen LogP) is 5.41. The van der Waals surface area contributed by atoms with Crippen molar-refractivity contribution in [3.05, 3.63) is 107 Å². The first-order chi connectivity index (χ1) is 21.4. The summed E-state index contributed by atoms with van der Waals surface area (Å²) < 4.78 is 33.0. The van der Waals surface area contributed by atoms with Crippen molar-refractivity contribution < 1.29 is 27.9 Å². The highest BCUT2D eigenvalue weighted by atomic mass is 19.1. The maximum Gasteiger partial charge on any atom is 0.408 e. The minimum Gasteiger partial charge on any atom is -0.444 e. The molecule has 2 atom stereocenters. The molecule has 0 bridgehead atoms. The Morgan fingerprint density at radius 1 is 0.844 bits per heavy atom. The van der Waals surface area contributed by atoms with Crippen molar-refractivity contribution in [3.63, 3.8) is 0 Å². The van der Waals surface area contributed by atoms with Crippen LogP contribution in [0.1, 0.15) is 62.4 Å². The van der Waals surface area contributed by atoms with E-state index < -0.39 is 17.7 Å². The Morgan fingerprint density at radius 2 is 1.38 bits per heavy atom. The number of nitrogens with zero attached hydrogens (tertiary/aromatic N) is 3. The summed E-state index contributed by atoms with van der Waals surface area (Å²) in [5.41, 5.74) is 3.01. The molecule has 0 unspecified atom stereocenters. The predicted molar refractivity (Wildman–Crippen MR) is 166 cm³/mol. The Hall–Kier alpha value is -4.31. The van der Waals surface area contributed by atoms with Crippen LogP contribution in [0, 0.1) is 11.6 Å². The highest BCUT2D eigenvalue weighted by Crippen LogP contribution is 2.32. The lowest BCUT2D eigenvalue weighted by atomic mass is 9.94. The van der Waals surface area contributed by atoms with E-state index in [4.69, 9.17) is 4.74 Å². The Kier molecular flexibility index (Phi) is 9.53. The van der Waals surface area contributed by atoms with Crippen LogP contribution in [-0.4, -0.2) is 69.9 Å². The number of carbonyl (C=O) groups excluding carboxylic acids is 3. The van der Waals surface area contributed by atoms with E-state index in [1.807, 2.05) is 31.2 Å². The van der Waals surface area contributed by atoms with Crippen LogP contribution in [0.25, 0.3) is 0 Å². The molecule has 3 aromatic carbocycles. The number of fused-ring (bicyclic) bond motifs is 1. The van der Waals surface area contributed by atoms with Gasteiger partial charge in [0.2, 0.25) is 11.8 Å². The van der Waals surface area contributed by atoms with E-state index in [2.05, 4.69) is 10.2 Å². The molecule has 0 aromatic heterocycles. The number of piperazine rings is 1. The van der Waals surface area contributed by atoms with E-state index in [-0.39, 0.29) is 42.0 Å². The summed E-state index contributed by atoms with van der Waals surface area (Å²) in [5.74, 6) is -1.29. The minimum absolute atomic E-state index is 0.121. The third-order valence-electron chi connectivity index (χ3n) is 8.25. The fourth-order valence-corrected chi connectivity index (χ4v) is 6.11. The molecule has 0 spiro atoms. The Morgan fingerprint density at radius 3 is 1.87 bits per heavy atom. The van der Waals surface area contributed by atoms with E-state index in [9.17, 15) is 23.2 Å². The van der Waals surface area contributed by atoms with Gasteiger partial charge in [0.25, 0.3) is 0 Å². The summed E-state index contributed by atoms with van der Waals surface area (Å²) in [5, 5.41) is 2.67. The SMILES string of the molecule is C[C@@H]1CN(C(=O)C[C@H](NC(=O)OC(C)(C)C)C(=O)N2Cc3ccccc3C2)CCN1C(c1ccc(F)cc1)c1ccc(F)cc1. The van der Waals surface area contributed by atoms with Gasteiger partial charge < -0.3 is 19.9 Å². The first kappa shape index (κ1) is 32.1. The van der Waals surface area contributed by atoms with E-state index in [0.29, 0.717) is 32.7 Å². The molecule has 0 aliphatic carbocycles. The first-order valence-electron chi connectivity index (χ1n) is 15.3. The topological polar surface area (TPSA) is 82.2 Å². The van der Waals surface area contributed by atoms with Crippen molar-refractivity contribution >= 4 is 17.9 Å². The summed E-state index contributed by atoms with van der Waals surface area (Å²) in [4.78, 5) is 45.8. The van der Waals surface area contributed by atoms with Crippen LogP contribution >= 0.6 is 0 Å². The Bertz CT molecular complexity index is 1450. The van der Waals surface area contributed by atoms with Crippen LogP contribution in [0.3, 0.4) is 0 Å². The summed E-state index contributed by atoms with van der Waals surface area (Å²) in [6.07, 6.45) is -0.971. The van der Waals surface area contributed by atoms with Gasteiger partial charge in [-0.05, 0) is 74.2 Å². The molecule has 3 amide bonds. The lowest BCUT2D eigenvalue weighted by molar-refractivity contribution is -0.141. The third kappa shape index (κ3) is 7.86. The van der Waals surface area contributed by atoms with Gasteiger partial charge in [-0.25, -0.2) is 13.6 Å². The largest absolute Gasteiger partial charge is 0.444 e. The van der Waals surface area contributed by atoms with Crippen molar-refractivity contribution in [1.82, 2.24) is 20.0 Å². The second-order valence-electron chi connectivity index (χ2n) is 12.8. The van der Waals surface area contributed by atoms with Crippen molar-refractivity contribution in [2.45, 2.75) is 70.9 Å². The number of carbonyl (C=O) groups is 3. The van der Waals surface area contributed by atoms with Gasteiger partial charge in [-0.2, -0.15) is 0 Å². The molecule has 2 heterocycles. The average molecular weight is 619 g/mol. The molecule has 238 valence electrons. The van der Waals surface area contributed by atoms with Gasteiger partial charge in [-0.15, -0.1) is 0 Å². The molecule has 5 rings (SSSR count). The molecular formula is C35H40F2N4O4. The average Bonchev–Trinajstić information content (AvgIpc) is 3.42. The summed E-state index contributed by atoms with van der Waals surface area (Å²) in [7, 11) is 0. The molecule has 2 aliphatic rings. The van der Waals surface area contributed by atoms with E-state index in [0.717, 1.165) is 22.3 Å². The summed E-state index contributed by atoms with van der Waals surface area (Å²) in [6.45, 7) is 9.26. The number of rotatable bonds is 7. The molecular weight excluding hydrogens is 578 g/mol. The number of halogens is 2. The summed E-state index contributed by atoms with van der Waals surface area (Å²) >= 11 is 0. The first-order valence-corrected chi connectivity index (χ1v) is 15.3. The van der Waals surface area contributed by atoms with Crippen LogP contribution in [0.4, 0.5) is 13.6 Å². The molecule has 2 aliphatic heterocycles. The maximum absolute atomic E-state index is 13.8. The van der Waals surface area contributed by atoms with Gasteiger partial charge in [0.15, 0.2) is 0 Å². The van der Waals surface area contributed by atoms with E-state index >= 15 is 0 Å². The Balaban J connectivity index is 1.30. The molecule has 1 fully saturated rings. The van der Waals surface area contributed by atoms with Crippen LogP contribution in [0.15, 0.2) is 72.8 Å². The molecule has 1 saturated heterocycles. The number of ether oxygens (including phenoxy) is 1. The quantitative estimate of drug-likeness (QED) is 0.383. The third-order valence-corrected chi connectivity index (χ3v) is 8.25. The number of amides is 3. The van der Waals surface area contributed by atoms with Crippen LogP contribution < -0.4 is 5.32 Å². The number of hydrogen-bond acceptors (Lipinski definition) is 5. The highest BCUT2D eigenvalue weighted by Gasteiger charge is 2.37. The molecule has 10 heteroatoms. The fraction of sp³-hybridized carbons (Fsp3) is 0.400. The maximum atomic E-state index is 13.8. The van der Waals surface area contributed by atoms with Crippen molar-refractivity contribution in [2.24, 2.45) is 0 Å². The van der Waals surface area contributed by atoms with Gasteiger partial charge in [0.05, 0.1) is 12.5 Å². The Labute approximate surface area is 262 Å². The zero-order valence-electron chi connectivity index (χ0n) is 26.1. The van der Waals surface area contributed by atoms with Gasteiger partial charge in [0.1, 0.15) is 23.3 Å². The van der Waals surface area contributed by atoms with Crippen LogP contribution in [-0.2, 0) is 27.4 Å². The second kappa shape index (κ2) is 13.4. The smallest absolute Gasteiger partial charge is 0.408 e. The number of hydrogen-bond donors (Lipinski definition) is 1. The summed E-state index contributed by atoms with van der Waals surface area (Å²) in [6, 6.07) is 18.8. The van der Waals surface area contributed by atoms with Crippen molar-refractivity contribution in [1.29, 1.82) is 0 Å². The lowest BCUT2D eigenvalue weighted by Crippen LogP contribution is -2.56. The van der Waals surface area contributed by atoms with Crippen LogP contribution in [0.2, 0.25) is 0 Å². The van der Waals surface area contributed by atoms with E-state index in [1.165, 1.54) is 24.3 Å². The van der Waals surface area contributed by atoms with E-state index in [1.54, 1.807) is 54.8 Å². The van der Waals surface area contributed by atoms with Gasteiger partial charge in [0, 0.05) is 38.8 Å². The number of nitrogens with one attached hydrogen (secondary N) is 1. The highest BCUT2D eigenvalue weighted by molar-refractivity contribution is 5.91. The van der Waals surface area contributed by atoms with Crippen molar-refractivity contribution in [2.75, 3.05) is 19.6 Å². The fourth-order valence-electron chi connectivity index (χ4n) is 6.11. The number of alkyl carbamates (subject to hydrolysis) is 1. The monoisotopic (exact) mass is 618 g/mol. The van der Waals surface area contributed by atoms with Gasteiger partial charge >= 0.3 is 6.09 Å². The molecule has 8 nitrogen and oxygen atoms in total. The van der Waals surface area contributed by atoms with Crippen LogP contribution in [0.5, 0.6) is 0 Å². The zero-order chi connectivity index (χ0) is 32.3. The molecule has 45 heavy (non-hydrogen) atoms. The minimum atomic E-state index is -1.10. The zero-order valence-corrected chi connectivity index (χ0v) is 26.1. The van der Waals surface area contributed by atoms with Gasteiger partial charge in [-0.1, -0.05) is 48.5 Å². The lowest BCUT2D eigenvalue weighted by Gasteiger charge is -2.44. The standard InChI is InChI=1S/C35H40F2N4O4/c1-23-20-39(17-18-41(23)32(24-9-13-28(36)14-10-24)25-11-15-29(37)16-12-25)31(42)19-30(38-34(44)45-35(2,3)4)33(43)40-21-26-7-5-6-8-27(26)22-40/h5-16,23,30,32H,17-22H2,1-4H3,(H,38,44)/t23-,30+/m1/s1. The normalized spacial score (nSPS) is 17.6. The second-order valence-corrected chi connectivity index (χ2v) is 12.8. The molecule has 0 radical (unpaired) electrons. The molecule has 3 aromatic rings. The number of benzene rings is 3.